The molecule has 1 aromatic carbocycles. The summed E-state index contributed by atoms with van der Waals surface area (Å²) in [5, 5.41) is 12.7. The molecule has 0 radical (unpaired) electrons. The lowest BCUT2D eigenvalue weighted by atomic mass is 10.2. The van der Waals surface area contributed by atoms with Gasteiger partial charge in [-0.2, -0.15) is 5.10 Å². The summed E-state index contributed by atoms with van der Waals surface area (Å²) < 4.78 is 16.6. The van der Waals surface area contributed by atoms with Crippen molar-refractivity contribution in [3.8, 4) is 17.2 Å². The van der Waals surface area contributed by atoms with Gasteiger partial charge < -0.3 is 14.2 Å². The van der Waals surface area contributed by atoms with Crippen molar-refractivity contribution in [1.82, 2.24) is 15.6 Å². The molecule has 0 aliphatic heterocycles. The van der Waals surface area contributed by atoms with Crippen LogP contribution in [0.4, 0.5) is 0 Å². The Bertz CT molecular complexity index is 764. The highest BCUT2D eigenvalue weighted by Crippen LogP contribution is 2.38. The normalized spacial score (nSPS) is 10.7. The molecule has 0 saturated carbocycles. The third kappa shape index (κ3) is 5.07. The average Bonchev–Trinajstić information content (AvgIpc) is 3.04. The van der Waals surface area contributed by atoms with Gasteiger partial charge in [-0.25, -0.2) is 5.43 Å². The molecule has 134 valence electrons. The van der Waals surface area contributed by atoms with Gasteiger partial charge in [-0.15, -0.1) is 10.2 Å². The number of carbonyl (C=O) groups excluding carboxylic acids is 1. The van der Waals surface area contributed by atoms with Crippen LogP contribution in [0, 0.1) is 6.92 Å². The Morgan fingerprint density at radius 2 is 2.00 bits per heavy atom. The molecule has 2 rings (SSSR count). The number of aromatic nitrogens is 2. The quantitative estimate of drug-likeness (QED) is 0.424. The summed E-state index contributed by atoms with van der Waals surface area (Å²) in [6, 6.07) is 3.49. The maximum Gasteiger partial charge on any atom is 0.250 e. The summed E-state index contributed by atoms with van der Waals surface area (Å²) in [7, 11) is 4.59. The van der Waals surface area contributed by atoms with Crippen molar-refractivity contribution in [1.29, 1.82) is 0 Å². The van der Waals surface area contributed by atoms with Crippen molar-refractivity contribution in [3.05, 3.63) is 22.7 Å². The fraction of sp³-hybridized carbons (Fsp3) is 0.333. The zero-order valence-corrected chi connectivity index (χ0v) is 15.9. The summed E-state index contributed by atoms with van der Waals surface area (Å²) in [5.74, 6) is 1.44. The van der Waals surface area contributed by atoms with Crippen LogP contribution in [-0.4, -0.2) is 49.4 Å². The lowest BCUT2D eigenvalue weighted by molar-refractivity contribution is -0.118. The minimum atomic E-state index is -0.242. The first-order valence-corrected chi connectivity index (χ1v) is 8.93. The third-order valence-electron chi connectivity index (χ3n) is 2.96. The number of rotatable bonds is 8. The lowest BCUT2D eigenvalue weighted by Crippen LogP contribution is -2.19. The second-order valence-corrected chi connectivity index (χ2v) is 7.00. The topological polar surface area (TPSA) is 94.9 Å². The molecule has 8 nitrogen and oxygen atoms in total. The van der Waals surface area contributed by atoms with Gasteiger partial charge in [0.05, 0.1) is 33.3 Å². The minimum absolute atomic E-state index is 0.203. The molecule has 0 atom stereocenters. The smallest absolute Gasteiger partial charge is 0.250 e. The zero-order chi connectivity index (χ0) is 18.2. The maximum atomic E-state index is 11.8. The Morgan fingerprint density at radius 3 is 2.60 bits per heavy atom. The first-order valence-electron chi connectivity index (χ1n) is 7.12. The molecule has 1 N–H and O–H groups in total. The average molecular weight is 382 g/mol. The molecule has 0 unspecified atom stereocenters. The summed E-state index contributed by atoms with van der Waals surface area (Å²) in [4.78, 5) is 11.8. The Balaban J connectivity index is 1.98. The van der Waals surface area contributed by atoms with E-state index in [1.54, 1.807) is 19.2 Å². The number of nitrogens with zero attached hydrogens (tertiary/aromatic N) is 3. The molecule has 0 spiro atoms. The molecule has 1 aromatic heterocycles. The maximum absolute atomic E-state index is 11.8. The van der Waals surface area contributed by atoms with Gasteiger partial charge in [-0.05, 0) is 19.1 Å². The number of benzene rings is 1. The minimum Gasteiger partial charge on any atom is -0.493 e. The van der Waals surface area contributed by atoms with Crippen LogP contribution < -0.4 is 19.6 Å². The first kappa shape index (κ1) is 19.0. The number of hydrazone groups is 1. The van der Waals surface area contributed by atoms with Gasteiger partial charge in [0, 0.05) is 5.56 Å². The zero-order valence-electron chi connectivity index (χ0n) is 14.2. The molecule has 0 bridgehead atoms. The van der Waals surface area contributed by atoms with Crippen molar-refractivity contribution < 1.29 is 19.0 Å². The Kier molecular flexibility index (Phi) is 7.02. The summed E-state index contributed by atoms with van der Waals surface area (Å²) >= 11 is 2.75. The number of hydrogen-bond donors (Lipinski definition) is 1. The van der Waals surface area contributed by atoms with E-state index in [2.05, 4.69) is 20.7 Å². The fourth-order valence-electron chi connectivity index (χ4n) is 1.90. The molecule has 2 aromatic rings. The number of ether oxygens (including phenoxy) is 3. The third-order valence-corrected chi connectivity index (χ3v) is 4.93. The van der Waals surface area contributed by atoms with Crippen molar-refractivity contribution in [3.63, 3.8) is 0 Å². The molecule has 1 heterocycles. The standard InChI is InChI=1S/C15H18N4O4S2/c1-9-17-19-15(25-9)24-8-12(20)18-16-7-10-5-6-11(21-2)14(23-4)13(10)22-3/h5-7H,8H2,1-4H3,(H,18,20)/b16-7+. The van der Waals surface area contributed by atoms with E-state index < -0.39 is 0 Å². The molecule has 1 amide bonds. The second kappa shape index (κ2) is 9.23. The van der Waals surface area contributed by atoms with E-state index in [0.29, 0.717) is 22.8 Å². The van der Waals surface area contributed by atoms with Crippen molar-refractivity contribution >= 4 is 35.2 Å². The lowest BCUT2D eigenvalue weighted by Gasteiger charge is -2.13. The van der Waals surface area contributed by atoms with Crippen LogP contribution in [0.25, 0.3) is 0 Å². The first-order chi connectivity index (χ1) is 12.1. The number of carbonyl (C=O) groups is 1. The molecule has 0 aliphatic rings. The van der Waals surface area contributed by atoms with Gasteiger partial charge in [0.15, 0.2) is 15.8 Å². The number of thioether (sulfide) groups is 1. The fourth-order valence-corrected chi connectivity index (χ4v) is 3.50. The van der Waals surface area contributed by atoms with E-state index in [1.165, 1.54) is 43.5 Å². The van der Waals surface area contributed by atoms with Crippen LogP contribution in [0.1, 0.15) is 10.6 Å². The van der Waals surface area contributed by atoms with Gasteiger partial charge in [-0.3, -0.25) is 4.79 Å². The van der Waals surface area contributed by atoms with Crippen molar-refractivity contribution in [2.24, 2.45) is 5.10 Å². The summed E-state index contributed by atoms with van der Waals surface area (Å²) in [5.41, 5.74) is 3.11. The number of nitrogens with one attached hydrogen (secondary N) is 1. The van der Waals surface area contributed by atoms with E-state index in [0.717, 1.165) is 9.35 Å². The van der Waals surface area contributed by atoms with Crippen LogP contribution >= 0.6 is 23.1 Å². The van der Waals surface area contributed by atoms with E-state index in [1.807, 2.05) is 6.92 Å². The highest BCUT2D eigenvalue weighted by molar-refractivity contribution is 8.01. The summed E-state index contributed by atoms with van der Waals surface area (Å²) in [6.07, 6.45) is 1.48. The van der Waals surface area contributed by atoms with Crippen molar-refractivity contribution in [2.75, 3.05) is 27.1 Å². The van der Waals surface area contributed by atoms with E-state index in [4.69, 9.17) is 14.2 Å². The SMILES string of the molecule is COc1ccc(/C=N/NC(=O)CSc2nnc(C)s2)c(OC)c1OC. The van der Waals surface area contributed by atoms with E-state index in [9.17, 15) is 4.79 Å². The van der Waals surface area contributed by atoms with Gasteiger partial charge in [-0.1, -0.05) is 23.1 Å². The van der Waals surface area contributed by atoms with Gasteiger partial charge >= 0.3 is 0 Å². The Labute approximate surface area is 153 Å². The molecular formula is C15H18N4O4S2. The highest BCUT2D eigenvalue weighted by Gasteiger charge is 2.14. The van der Waals surface area contributed by atoms with Crippen LogP contribution in [0.15, 0.2) is 21.6 Å². The predicted molar refractivity (Wildman–Crippen MR) is 97.2 cm³/mol. The van der Waals surface area contributed by atoms with Crippen LogP contribution in [0.3, 0.4) is 0 Å². The van der Waals surface area contributed by atoms with Gasteiger partial charge in [0.25, 0.3) is 5.91 Å². The highest BCUT2D eigenvalue weighted by atomic mass is 32.2. The van der Waals surface area contributed by atoms with Gasteiger partial charge in [0.2, 0.25) is 5.75 Å². The van der Waals surface area contributed by atoms with Crippen LogP contribution in [0.5, 0.6) is 17.2 Å². The monoisotopic (exact) mass is 382 g/mol. The largest absolute Gasteiger partial charge is 0.493 e. The summed E-state index contributed by atoms with van der Waals surface area (Å²) in [6.45, 7) is 1.86. The molecule has 10 heteroatoms. The van der Waals surface area contributed by atoms with Crippen molar-refractivity contribution in [2.45, 2.75) is 11.3 Å². The Hall–Kier alpha value is -2.33. The van der Waals surface area contributed by atoms with Gasteiger partial charge in [0.1, 0.15) is 5.01 Å². The number of hydrogen-bond acceptors (Lipinski definition) is 9. The molecular weight excluding hydrogens is 364 g/mol. The molecule has 0 saturated heterocycles. The Morgan fingerprint density at radius 1 is 1.24 bits per heavy atom. The predicted octanol–water partition coefficient (Wildman–Crippen LogP) is 2.11. The van der Waals surface area contributed by atoms with E-state index >= 15 is 0 Å². The number of methoxy groups -OCH3 is 3. The van der Waals surface area contributed by atoms with E-state index in [-0.39, 0.29) is 11.7 Å². The van der Waals surface area contributed by atoms with Crippen LogP contribution in [0.2, 0.25) is 0 Å². The molecule has 0 aliphatic carbocycles. The number of amides is 1. The second-order valence-electron chi connectivity index (χ2n) is 4.59. The number of aryl methyl sites for hydroxylation is 1. The van der Waals surface area contributed by atoms with Crippen LogP contribution in [-0.2, 0) is 4.79 Å². The molecule has 25 heavy (non-hydrogen) atoms. The molecule has 0 fully saturated rings.